The summed E-state index contributed by atoms with van der Waals surface area (Å²) in [5.41, 5.74) is 1.61. The van der Waals surface area contributed by atoms with Gasteiger partial charge in [-0.25, -0.2) is 9.78 Å². The molecule has 108 valence electrons. The number of amides is 2. The lowest BCUT2D eigenvalue weighted by atomic mass is 10.3. The molecule has 0 radical (unpaired) electrons. The van der Waals surface area contributed by atoms with Gasteiger partial charge < -0.3 is 16.0 Å². The molecular weight excluding hydrogens is 332 g/mol. The van der Waals surface area contributed by atoms with E-state index in [-0.39, 0.29) is 6.03 Å². The van der Waals surface area contributed by atoms with Crippen LogP contribution >= 0.6 is 15.9 Å². The summed E-state index contributed by atoms with van der Waals surface area (Å²) in [5, 5.41) is 8.84. The fraction of sp³-hybridized carbons (Fsp3) is 0.200. The van der Waals surface area contributed by atoms with Gasteiger partial charge in [0, 0.05) is 10.5 Å². The third kappa shape index (κ3) is 3.95. The normalized spacial score (nSPS) is 13.6. The number of carbonyl (C=O) groups excluding carboxylic acids is 1. The summed E-state index contributed by atoms with van der Waals surface area (Å²) in [6.07, 6.45) is 3.77. The molecule has 3 N–H and O–H groups in total. The molecule has 0 atom stereocenters. The van der Waals surface area contributed by atoms with E-state index in [2.05, 4.69) is 36.9 Å². The van der Waals surface area contributed by atoms with Crippen molar-refractivity contribution in [1.29, 1.82) is 0 Å². The molecule has 0 bridgehead atoms. The molecule has 5 nitrogen and oxygen atoms in total. The van der Waals surface area contributed by atoms with Crippen molar-refractivity contribution in [3.05, 3.63) is 47.1 Å². The highest BCUT2D eigenvalue weighted by atomic mass is 79.9. The molecule has 1 heterocycles. The highest BCUT2D eigenvalue weighted by Crippen LogP contribution is 2.24. The second-order valence-electron chi connectivity index (χ2n) is 4.91. The van der Waals surface area contributed by atoms with Gasteiger partial charge in [0.05, 0.1) is 17.6 Å². The number of carbonyl (C=O) groups is 1. The first-order valence-corrected chi connectivity index (χ1v) is 7.55. The summed E-state index contributed by atoms with van der Waals surface area (Å²) in [7, 11) is 0. The van der Waals surface area contributed by atoms with Gasteiger partial charge in [-0.3, -0.25) is 0 Å². The molecule has 1 saturated carbocycles. The van der Waals surface area contributed by atoms with Gasteiger partial charge in [0.2, 0.25) is 0 Å². The van der Waals surface area contributed by atoms with Crippen LogP contribution in [0.15, 0.2) is 47.1 Å². The fourth-order valence-corrected chi connectivity index (χ4v) is 2.21. The molecule has 1 aliphatic rings. The number of hydrogen-bond donors (Lipinski definition) is 3. The maximum absolute atomic E-state index is 11.6. The summed E-state index contributed by atoms with van der Waals surface area (Å²) in [4.78, 5) is 15.9. The van der Waals surface area contributed by atoms with Crippen LogP contribution in [0.25, 0.3) is 0 Å². The second-order valence-corrected chi connectivity index (χ2v) is 5.76. The number of hydrogen-bond acceptors (Lipinski definition) is 3. The maximum Gasteiger partial charge on any atom is 0.319 e. The van der Waals surface area contributed by atoms with Gasteiger partial charge in [-0.15, -0.1) is 0 Å². The average molecular weight is 347 g/mol. The molecule has 2 amide bonds. The molecule has 1 aliphatic carbocycles. The highest BCUT2D eigenvalue weighted by Gasteiger charge is 2.23. The van der Waals surface area contributed by atoms with Crippen LogP contribution in [0.5, 0.6) is 0 Å². The predicted octanol–water partition coefficient (Wildman–Crippen LogP) is 3.87. The Bertz CT molecular complexity index is 640. The Labute approximate surface area is 131 Å². The van der Waals surface area contributed by atoms with Gasteiger partial charge in [0.15, 0.2) is 0 Å². The molecule has 1 aromatic heterocycles. The maximum atomic E-state index is 11.6. The Morgan fingerprint density at radius 1 is 1.19 bits per heavy atom. The Morgan fingerprint density at radius 2 is 2.00 bits per heavy atom. The smallest absolute Gasteiger partial charge is 0.319 e. The zero-order chi connectivity index (χ0) is 14.7. The third-order valence-corrected chi connectivity index (χ3v) is 3.76. The van der Waals surface area contributed by atoms with Crippen molar-refractivity contribution in [3.63, 3.8) is 0 Å². The standard InChI is InChI=1S/C15H15BrN4O/c16-12-3-1-2-4-13(12)20-14-8-7-11(9-17-14)19-15(21)18-10-5-6-10/h1-4,7-10H,5-6H2,(H,17,20)(H2,18,19,21). The number of rotatable bonds is 4. The lowest BCUT2D eigenvalue weighted by Crippen LogP contribution is -2.30. The van der Waals surface area contributed by atoms with E-state index in [4.69, 9.17) is 0 Å². The first-order chi connectivity index (χ1) is 10.2. The first kappa shape index (κ1) is 13.9. The van der Waals surface area contributed by atoms with E-state index in [1.54, 1.807) is 6.20 Å². The second kappa shape index (κ2) is 6.13. The minimum absolute atomic E-state index is 0.175. The molecule has 0 spiro atoms. The summed E-state index contributed by atoms with van der Waals surface area (Å²) < 4.78 is 0.970. The number of aromatic nitrogens is 1. The van der Waals surface area contributed by atoms with Gasteiger partial charge in [0.1, 0.15) is 5.82 Å². The van der Waals surface area contributed by atoms with Gasteiger partial charge in [0.25, 0.3) is 0 Å². The summed E-state index contributed by atoms with van der Waals surface area (Å²) in [5.74, 6) is 0.718. The van der Waals surface area contributed by atoms with E-state index in [9.17, 15) is 4.79 Å². The van der Waals surface area contributed by atoms with E-state index in [0.717, 1.165) is 28.8 Å². The molecular formula is C15H15BrN4O. The molecule has 0 saturated heterocycles. The van der Waals surface area contributed by atoms with Crippen molar-refractivity contribution in [2.75, 3.05) is 10.6 Å². The molecule has 0 unspecified atom stereocenters. The molecule has 2 aromatic rings. The minimum atomic E-state index is -0.175. The number of para-hydroxylation sites is 1. The van der Waals surface area contributed by atoms with Crippen LogP contribution in [0.4, 0.5) is 22.0 Å². The van der Waals surface area contributed by atoms with E-state index >= 15 is 0 Å². The number of nitrogens with one attached hydrogen (secondary N) is 3. The van der Waals surface area contributed by atoms with Crippen LogP contribution < -0.4 is 16.0 Å². The number of benzene rings is 1. The Hall–Kier alpha value is -2.08. The van der Waals surface area contributed by atoms with Crippen molar-refractivity contribution in [2.45, 2.75) is 18.9 Å². The number of pyridine rings is 1. The quantitative estimate of drug-likeness (QED) is 0.787. The monoisotopic (exact) mass is 346 g/mol. The summed E-state index contributed by atoms with van der Waals surface area (Å²) in [6.45, 7) is 0. The van der Waals surface area contributed by atoms with Crippen LogP contribution in [0.3, 0.4) is 0 Å². The molecule has 6 heteroatoms. The topological polar surface area (TPSA) is 66.0 Å². The van der Waals surface area contributed by atoms with Crippen LogP contribution in [0, 0.1) is 0 Å². The number of halogens is 1. The van der Waals surface area contributed by atoms with Gasteiger partial charge in [-0.05, 0) is 53.0 Å². The van der Waals surface area contributed by atoms with Crippen molar-refractivity contribution in [2.24, 2.45) is 0 Å². The van der Waals surface area contributed by atoms with Gasteiger partial charge in [-0.1, -0.05) is 12.1 Å². The van der Waals surface area contributed by atoms with Gasteiger partial charge >= 0.3 is 6.03 Å². The Balaban J connectivity index is 1.61. The van der Waals surface area contributed by atoms with E-state index in [1.165, 1.54) is 0 Å². The Morgan fingerprint density at radius 3 is 2.67 bits per heavy atom. The fourth-order valence-electron chi connectivity index (χ4n) is 1.82. The van der Waals surface area contributed by atoms with E-state index in [1.807, 2.05) is 36.4 Å². The zero-order valence-electron chi connectivity index (χ0n) is 11.3. The van der Waals surface area contributed by atoms with Crippen LogP contribution in [0.1, 0.15) is 12.8 Å². The predicted molar refractivity (Wildman–Crippen MR) is 86.8 cm³/mol. The lowest BCUT2D eigenvalue weighted by molar-refractivity contribution is 0.251. The lowest BCUT2D eigenvalue weighted by Gasteiger charge is -2.09. The third-order valence-electron chi connectivity index (χ3n) is 3.07. The first-order valence-electron chi connectivity index (χ1n) is 6.76. The van der Waals surface area contributed by atoms with Gasteiger partial charge in [-0.2, -0.15) is 0 Å². The SMILES string of the molecule is O=C(Nc1ccc(Nc2ccccc2Br)nc1)NC1CC1. The van der Waals surface area contributed by atoms with Crippen molar-refractivity contribution >= 4 is 39.2 Å². The molecule has 1 fully saturated rings. The van der Waals surface area contributed by atoms with Crippen molar-refractivity contribution < 1.29 is 4.79 Å². The zero-order valence-corrected chi connectivity index (χ0v) is 12.9. The summed E-state index contributed by atoms with van der Waals surface area (Å²) in [6, 6.07) is 11.6. The average Bonchev–Trinajstić information content (AvgIpc) is 3.27. The van der Waals surface area contributed by atoms with Crippen LogP contribution in [-0.4, -0.2) is 17.1 Å². The number of nitrogens with zero attached hydrogens (tertiary/aromatic N) is 1. The minimum Gasteiger partial charge on any atom is -0.339 e. The molecule has 21 heavy (non-hydrogen) atoms. The number of urea groups is 1. The molecule has 0 aliphatic heterocycles. The van der Waals surface area contributed by atoms with Crippen molar-refractivity contribution in [1.82, 2.24) is 10.3 Å². The molecule has 1 aromatic carbocycles. The van der Waals surface area contributed by atoms with E-state index in [0.29, 0.717) is 11.7 Å². The highest BCUT2D eigenvalue weighted by molar-refractivity contribution is 9.10. The molecule has 3 rings (SSSR count). The summed E-state index contributed by atoms with van der Waals surface area (Å²) >= 11 is 3.47. The van der Waals surface area contributed by atoms with Crippen LogP contribution in [0.2, 0.25) is 0 Å². The number of anilines is 3. The van der Waals surface area contributed by atoms with Crippen molar-refractivity contribution in [3.8, 4) is 0 Å². The van der Waals surface area contributed by atoms with Crippen LogP contribution in [-0.2, 0) is 0 Å². The Kier molecular flexibility index (Phi) is 4.06. The van der Waals surface area contributed by atoms with E-state index < -0.39 is 0 Å². The largest absolute Gasteiger partial charge is 0.339 e.